The Hall–Kier alpha value is -7.97. The lowest BCUT2D eigenvalue weighted by Gasteiger charge is -2.26. The molecule has 2 amide bonds. The van der Waals surface area contributed by atoms with Crippen LogP contribution in [0.1, 0.15) is 22.3 Å². The highest BCUT2D eigenvalue weighted by Crippen LogP contribution is 2.48. The zero-order chi connectivity index (χ0) is 44.5. The van der Waals surface area contributed by atoms with Crippen LogP contribution in [0.25, 0.3) is 12.2 Å². The second-order valence-corrected chi connectivity index (χ2v) is 15.5. The number of ether oxygens (including phenoxy) is 6. The van der Waals surface area contributed by atoms with E-state index in [1.165, 1.54) is 26.0 Å². The zero-order valence-corrected chi connectivity index (χ0v) is 36.5. The molecule has 14 heteroatoms. The number of hydrogen-bond acceptors (Lipinski definition) is 12. The third-order valence-electron chi connectivity index (χ3n) is 10.7. The summed E-state index contributed by atoms with van der Waals surface area (Å²) in [6, 6.07) is 37.9. The molecule has 0 saturated carbocycles. The van der Waals surface area contributed by atoms with E-state index < -0.39 is 0 Å². The van der Waals surface area contributed by atoms with E-state index in [1.807, 2.05) is 97.1 Å². The smallest absolute Gasteiger partial charge is 0.282 e. The minimum absolute atomic E-state index is 0.233. The van der Waals surface area contributed by atoms with Crippen LogP contribution in [0.2, 0.25) is 0 Å². The van der Waals surface area contributed by atoms with E-state index in [0.717, 1.165) is 32.3 Å². The number of rotatable bonds is 12. The highest BCUT2D eigenvalue weighted by Gasteiger charge is 2.35. The van der Waals surface area contributed by atoms with E-state index in [2.05, 4.69) is 5.32 Å². The van der Waals surface area contributed by atoms with E-state index in [4.69, 9.17) is 38.4 Å². The molecule has 6 aromatic carbocycles. The van der Waals surface area contributed by atoms with Crippen molar-refractivity contribution in [2.45, 2.75) is 9.79 Å². The van der Waals surface area contributed by atoms with Crippen molar-refractivity contribution in [3.05, 3.63) is 155 Å². The first-order valence-electron chi connectivity index (χ1n) is 20.0. The quantitative estimate of drug-likeness (QED) is 0.118. The number of carbonyl (C=O) groups is 2. The molecular formula is C50H41N5O8S. The molecule has 13 nitrogen and oxygen atoms in total. The Labute approximate surface area is 373 Å². The van der Waals surface area contributed by atoms with Crippen molar-refractivity contribution in [1.29, 1.82) is 0 Å². The molecule has 9 rings (SSSR count). The van der Waals surface area contributed by atoms with Crippen LogP contribution in [0.5, 0.6) is 34.5 Å². The van der Waals surface area contributed by atoms with Crippen molar-refractivity contribution in [2.75, 3.05) is 57.8 Å². The van der Waals surface area contributed by atoms with Crippen LogP contribution in [0.3, 0.4) is 0 Å². The van der Waals surface area contributed by atoms with Gasteiger partial charge in [0, 0.05) is 20.9 Å². The second-order valence-electron chi connectivity index (χ2n) is 14.4. The summed E-state index contributed by atoms with van der Waals surface area (Å²) in [5.41, 5.74) is 6.29. The van der Waals surface area contributed by atoms with Crippen molar-refractivity contribution < 1.29 is 38.0 Å². The van der Waals surface area contributed by atoms with Gasteiger partial charge in [-0.25, -0.2) is 9.98 Å². The minimum Gasteiger partial charge on any atom is -0.493 e. The van der Waals surface area contributed by atoms with Crippen molar-refractivity contribution >= 4 is 70.1 Å². The van der Waals surface area contributed by atoms with Gasteiger partial charge >= 0.3 is 0 Å². The van der Waals surface area contributed by atoms with Gasteiger partial charge in [-0.3, -0.25) is 19.4 Å². The highest BCUT2D eigenvalue weighted by atomic mass is 32.2. The summed E-state index contributed by atoms with van der Waals surface area (Å²) < 4.78 is 33.3. The first-order valence-corrected chi connectivity index (χ1v) is 20.8. The van der Waals surface area contributed by atoms with Crippen molar-refractivity contribution in [3.63, 3.8) is 0 Å². The van der Waals surface area contributed by atoms with E-state index in [1.54, 1.807) is 74.7 Å². The van der Waals surface area contributed by atoms with Crippen LogP contribution in [0.4, 0.5) is 22.7 Å². The molecule has 0 fully saturated rings. The van der Waals surface area contributed by atoms with Crippen molar-refractivity contribution in [3.8, 4) is 34.5 Å². The number of aliphatic imine (C=N–C) groups is 2. The second kappa shape index (κ2) is 17.4. The van der Waals surface area contributed by atoms with E-state index >= 15 is 0 Å². The largest absolute Gasteiger partial charge is 0.493 e. The van der Waals surface area contributed by atoms with Gasteiger partial charge in [0.25, 0.3) is 11.8 Å². The lowest BCUT2D eigenvalue weighted by atomic mass is 10.1. The van der Waals surface area contributed by atoms with Crippen LogP contribution in [-0.2, 0) is 9.59 Å². The molecule has 64 heavy (non-hydrogen) atoms. The van der Waals surface area contributed by atoms with Gasteiger partial charge in [-0.15, -0.1) is 0 Å². The molecule has 3 aliphatic heterocycles. The molecule has 0 aromatic heterocycles. The van der Waals surface area contributed by atoms with Gasteiger partial charge in [-0.2, -0.15) is 0 Å². The molecule has 1 N–H and O–H groups in total. The van der Waals surface area contributed by atoms with Crippen molar-refractivity contribution in [2.24, 2.45) is 9.98 Å². The predicted molar refractivity (Wildman–Crippen MR) is 249 cm³/mol. The SMILES string of the molecule is COc1cc(/C=C2\N=C(c3ccccc3)N(c3ccc4c(c3)Sc3cc(N5C(=O)/C(=C\c6cc(OC)c(OC)c(OC)c6)N=C5c5ccccc5)ccc3N4)C2=O)cc(OC)c1OC. The number of nitrogens with zero attached hydrogens (tertiary/aromatic N) is 4. The number of fused-ring (bicyclic) bond motifs is 2. The number of benzene rings is 6. The first kappa shape index (κ1) is 41.4. The summed E-state index contributed by atoms with van der Waals surface area (Å²) in [5, 5.41) is 3.55. The average Bonchev–Trinajstić information content (AvgIpc) is 3.84. The Bertz CT molecular complexity index is 2720. The third-order valence-corrected chi connectivity index (χ3v) is 11.8. The van der Waals surface area contributed by atoms with Crippen LogP contribution in [0, 0.1) is 0 Å². The van der Waals surface area contributed by atoms with Gasteiger partial charge in [-0.05, 0) is 83.9 Å². The van der Waals surface area contributed by atoms with Crippen LogP contribution in [-0.4, -0.2) is 66.1 Å². The van der Waals surface area contributed by atoms with E-state index in [0.29, 0.717) is 68.7 Å². The van der Waals surface area contributed by atoms with Gasteiger partial charge < -0.3 is 33.7 Å². The summed E-state index contributed by atoms with van der Waals surface area (Å²) in [4.78, 5) is 43.7. The Morgan fingerprint density at radius 3 is 1.20 bits per heavy atom. The third kappa shape index (κ3) is 7.53. The Kier molecular flexibility index (Phi) is 11.3. The van der Waals surface area contributed by atoms with Gasteiger partial charge in [0.2, 0.25) is 11.5 Å². The molecule has 3 aliphatic rings. The molecule has 320 valence electrons. The number of hydrogen-bond donors (Lipinski definition) is 1. The highest BCUT2D eigenvalue weighted by molar-refractivity contribution is 7.99. The topological polar surface area (TPSA) is 133 Å². The number of nitrogens with one attached hydrogen (secondary N) is 1. The molecule has 0 aliphatic carbocycles. The normalized spacial score (nSPS) is 15.3. The maximum atomic E-state index is 14.5. The standard InChI is InChI=1S/C50H41N5O8S/c1-58-39-23-29(24-40(59-2)45(39)62-5)21-37-49(56)54(47(52-37)31-13-9-7-10-14-31)33-17-19-35-43(27-33)64-44-28-34(18-20-36(44)51-35)55-48(32-15-11-8-12-16-32)53-38(50(55)57)22-30-25-41(60-3)46(63-6)42(26-30)61-4/h7-28,51H,1-6H3/b37-21-,38-22+. The molecule has 0 saturated heterocycles. The van der Waals surface area contributed by atoms with E-state index in [-0.39, 0.29) is 23.2 Å². The van der Waals surface area contributed by atoms with Gasteiger partial charge in [-0.1, -0.05) is 72.4 Å². The van der Waals surface area contributed by atoms with Gasteiger partial charge in [0.1, 0.15) is 23.1 Å². The maximum Gasteiger partial charge on any atom is 0.282 e. The summed E-state index contributed by atoms with van der Waals surface area (Å²) >= 11 is 1.53. The lowest BCUT2D eigenvalue weighted by Crippen LogP contribution is -2.32. The molecule has 0 spiro atoms. The Morgan fingerprint density at radius 2 is 0.859 bits per heavy atom. The zero-order valence-electron chi connectivity index (χ0n) is 35.7. The average molecular weight is 872 g/mol. The molecule has 0 atom stereocenters. The number of amides is 2. The summed E-state index contributed by atoms with van der Waals surface area (Å²) in [6.07, 6.45) is 3.42. The molecule has 3 heterocycles. The number of carbonyl (C=O) groups excluding carboxylic acids is 2. The first-order chi connectivity index (χ1) is 31.2. The number of methoxy groups -OCH3 is 6. The molecule has 6 aromatic rings. The van der Waals surface area contributed by atoms with Crippen LogP contribution < -0.4 is 43.5 Å². The van der Waals surface area contributed by atoms with E-state index in [9.17, 15) is 9.59 Å². The summed E-state index contributed by atoms with van der Waals surface area (Å²) in [5.74, 6) is 3.06. The molecule has 0 bridgehead atoms. The maximum absolute atomic E-state index is 14.5. The van der Waals surface area contributed by atoms with Crippen molar-refractivity contribution in [1.82, 2.24) is 0 Å². The van der Waals surface area contributed by atoms with Gasteiger partial charge in [0.05, 0.1) is 65.4 Å². The monoisotopic (exact) mass is 871 g/mol. The predicted octanol–water partition coefficient (Wildman–Crippen LogP) is 9.62. The molecular weight excluding hydrogens is 831 g/mol. The fraction of sp³-hybridized carbons (Fsp3) is 0.120. The minimum atomic E-state index is -0.306. The number of amidine groups is 2. The Balaban J connectivity index is 1.06. The molecule has 0 radical (unpaired) electrons. The lowest BCUT2D eigenvalue weighted by molar-refractivity contribution is -0.114. The van der Waals surface area contributed by atoms with Crippen LogP contribution >= 0.6 is 11.8 Å². The fourth-order valence-electron chi connectivity index (χ4n) is 7.70. The fourth-order valence-corrected chi connectivity index (χ4v) is 8.75. The van der Waals surface area contributed by atoms with Crippen LogP contribution in [0.15, 0.2) is 152 Å². The number of anilines is 4. The van der Waals surface area contributed by atoms with Gasteiger partial charge in [0.15, 0.2) is 23.0 Å². The molecule has 0 unspecified atom stereocenters. The Morgan fingerprint density at radius 1 is 0.484 bits per heavy atom. The summed E-state index contributed by atoms with van der Waals surface area (Å²) in [6.45, 7) is 0. The summed E-state index contributed by atoms with van der Waals surface area (Å²) in [7, 11) is 9.25.